The van der Waals surface area contributed by atoms with E-state index in [0.29, 0.717) is 10.8 Å². The van der Waals surface area contributed by atoms with Crippen LogP contribution in [0.1, 0.15) is 0 Å². The molecule has 0 saturated carbocycles. The number of benzene rings is 2. The zero-order chi connectivity index (χ0) is 10.3. The Labute approximate surface area is 79.3 Å². The van der Waals surface area contributed by atoms with Crippen LogP contribution in [0.3, 0.4) is 0 Å². The van der Waals surface area contributed by atoms with Crippen LogP contribution in [-0.2, 0) is 0 Å². The molecule has 0 unspecified atom stereocenters. The molecule has 0 fully saturated rings. The first-order valence-corrected chi connectivity index (χ1v) is 3.95. The zero-order valence-corrected chi connectivity index (χ0v) is 7.10. The second kappa shape index (κ2) is 2.70. The van der Waals surface area contributed by atoms with Gasteiger partial charge in [0, 0.05) is 0 Å². The minimum Gasteiger partial charge on any atom is -0.504 e. The largest absolute Gasteiger partial charge is 0.504 e. The van der Waals surface area contributed by atoms with E-state index in [9.17, 15) is 20.4 Å². The number of fused-ring (bicyclic) bond motifs is 1. The van der Waals surface area contributed by atoms with Gasteiger partial charge in [0.25, 0.3) is 0 Å². The average molecular weight is 192 g/mol. The number of hydrogen-bond acceptors (Lipinski definition) is 4. The van der Waals surface area contributed by atoms with Crippen molar-refractivity contribution in [2.24, 2.45) is 0 Å². The van der Waals surface area contributed by atoms with Crippen molar-refractivity contribution in [2.45, 2.75) is 0 Å². The van der Waals surface area contributed by atoms with Gasteiger partial charge in [-0.3, -0.25) is 0 Å². The predicted molar refractivity (Wildman–Crippen MR) is 50.6 cm³/mol. The molecule has 0 aliphatic heterocycles. The fourth-order valence-electron chi connectivity index (χ4n) is 1.30. The lowest BCUT2D eigenvalue weighted by atomic mass is 10.1. The van der Waals surface area contributed by atoms with Gasteiger partial charge in [-0.05, 0) is 35.0 Å². The molecule has 2 aromatic carbocycles. The van der Waals surface area contributed by atoms with Gasteiger partial charge in [0.05, 0.1) is 0 Å². The Bertz CT molecular complexity index is 416. The summed E-state index contributed by atoms with van der Waals surface area (Å²) in [5.74, 6) is -1.05. The van der Waals surface area contributed by atoms with E-state index in [1.54, 1.807) is 0 Å². The molecule has 0 saturated heterocycles. The lowest BCUT2D eigenvalue weighted by molar-refractivity contribution is 0.402. The van der Waals surface area contributed by atoms with Crippen LogP contribution in [0.2, 0.25) is 0 Å². The standard InChI is InChI=1S/C10H8O4/c11-7-1-5-2-9(13)10(14)4-6(5)3-8(7)12/h1-4,11-14H. The van der Waals surface area contributed by atoms with Gasteiger partial charge in [0.2, 0.25) is 0 Å². The highest BCUT2D eigenvalue weighted by Gasteiger charge is 2.06. The topological polar surface area (TPSA) is 80.9 Å². The highest BCUT2D eigenvalue weighted by atomic mass is 16.3. The van der Waals surface area contributed by atoms with Gasteiger partial charge >= 0.3 is 0 Å². The molecule has 0 aliphatic carbocycles. The molecule has 2 rings (SSSR count). The maximum Gasteiger partial charge on any atom is 0.158 e. The number of hydrogen-bond donors (Lipinski definition) is 4. The van der Waals surface area contributed by atoms with Crippen LogP contribution in [-0.4, -0.2) is 20.4 Å². The molecule has 72 valence electrons. The summed E-state index contributed by atoms with van der Waals surface area (Å²) in [4.78, 5) is 0. The molecule has 0 aliphatic rings. The van der Waals surface area contributed by atoms with Crippen molar-refractivity contribution in [3.63, 3.8) is 0 Å². The van der Waals surface area contributed by atoms with Gasteiger partial charge in [0.1, 0.15) is 0 Å². The smallest absolute Gasteiger partial charge is 0.158 e. The summed E-state index contributed by atoms with van der Waals surface area (Å²) >= 11 is 0. The van der Waals surface area contributed by atoms with Gasteiger partial charge in [-0.15, -0.1) is 0 Å². The summed E-state index contributed by atoms with van der Waals surface area (Å²) in [6.45, 7) is 0. The average Bonchev–Trinajstić information content (AvgIpc) is 2.11. The molecule has 4 N–H and O–H groups in total. The number of rotatable bonds is 0. The first kappa shape index (κ1) is 8.50. The Balaban J connectivity index is 2.83. The van der Waals surface area contributed by atoms with Crippen molar-refractivity contribution >= 4 is 10.8 Å². The molecule has 0 bridgehead atoms. The van der Waals surface area contributed by atoms with Crippen LogP contribution in [0.5, 0.6) is 23.0 Å². The molecule has 0 aromatic heterocycles. The van der Waals surface area contributed by atoms with Gasteiger partial charge < -0.3 is 20.4 Å². The van der Waals surface area contributed by atoms with E-state index in [1.807, 2.05) is 0 Å². The quantitative estimate of drug-likeness (QED) is 0.478. The Kier molecular flexibility index (Phi) is 1.64. The normalized spacial score (nSPS) is 10.6. The molecule has 0 amide bonds. The summed E-state index contributed by atoms with van der Waals surface area (Å²) < 4.78 is 0. The molecule has 4 nitrogen and oxygen atoms in total. The third-order valence-corrected chi connectivity index (χ3v) is 2.03. The van der Waals surface area contributed by atoms with Crippen LogP contribution in [0.4, 0.5) is 0 Å². The summed E-state index contributed by atoms with van der Waals surface area (Å²) in [6, 6.07) is 5.24. The van der Waals surface area contributed by atoms with Crippen molar-refractivity contribution < 1.29 is 20.4 Å². The second-order valence-corrected chi connectivity index (χ2v) is 3.03. The van der Waals surface area contributed by atoms with E-state index < -0.39 is 0 Å². The second-order valence-electron chi connectivity index (χ2n) is 3.03. The van der Waals surface area contributed by atoms with E-state index in [1.165, 1.54) is 24.3 Å². The lowest BCUT2D eigenvalue weighted by Gasteiger charge is -2.03. The van der Waals surface area contributed by atoms with Gasteiger partial charge in [-0.25, -0.2) is 0 Å². The van der Waals surface area contributed by atoms with E-state index in [4.69, 9.17) is 0 Å². The lowest BCUT2D eigenvalue weighted by Crippen LogP contribution is -1.75. The van der Waals surface area contributed by atoms with Crippen molar-refractivity contribution in [3.05, 3.63) is 24.3 Å². The summed E-state index contributed by atoms with van der Waals surface area (Å²) in [5.41, 5.74) is 0. The van der Waals surface area contributed by atoms with E-state index >= 15 is 0 Å². The third kappa shape index (κ3) is 1.17. The van der Waals surface area contributed by atoms with Crippen molar-refractivity contribution in [2.75, 3.05) is 0 Å². The van der Waals surface area contributed by atoms with Crippen LogP contribution >= 0.6 is 0 Å². The third-order valence-electron chi connectivity index (χ3n) is 2.03. The Hall–Kier alpha value is -2.10. The molecule has 0 spiro atoms. The molecule has 0 radical (unpaired) electrons. The molecule has 0 atom stereocenters. The molecule has 2 aromatic rings. The maximum atomic E-state index is 9.18. The van der Waals surface area contributed by atoms with Crippen LogP contribution in [0.25, 0.3) is 10.8 Å². The zero-order valence-electron chi connectivity index (χ0n) is 7.10. The molecule has 14 heavy (non-hydrogen) atoms. The number of phenolic OH excluding ortho intramolecular Hbond substituents is 4. The predicted octanol–water partition coefficient (Wildman–Crippen LogP) is 1.66. The molecular formula is C10H8O4. The minimum atomic E-state index is -0.261. The van der Waals surface area contributed by atoms with Crippen LogP contribution in [0.15, 0.2) is 24.3 Å². The summed E-state index contributed by atoms with van der Waals surface area (Å²) in [6.07, 6.45) is 0. The first-order valence-electron chi connectivity index (χ1n) is 3.95. The first-order chi connectivity index (χ1) is 6.58. The van der Waals surface area contributed by atoms with E-state index in [0.717, 1.165) is 0 Å². The Morgan fingerprint density at radius 2 is 0.714 bits per heavy atom. The highest BCUT2D eigenvalue weighted by Crippen LogP contribution is 2.35. The van der Waals surface area contributed by atoms with Crippen molar-refractivity contribution in [1.29, 1.82) is 0 Å². The maximum absolute atomic E-state index is 9.18. The summed E-state index contributed by atoms with van der Waals surface area (Å²) in [7, 11) is 0. The van der Waals surface area contributed by atoms with E-state index in [-0.39, 0.29) is 23.0 Å². The Morgan fingerprint density at radius 3 is 0.929 bits per heavy atom. The monoisotopic (exact) mass is 192 g/mol. The van der Waals surface area contributed by atoms with Crippen molar-refractivity contribution in [1.82, 2.24) is 0 Å². The fraction of sp³-hybridized carbons (Fsp3) is 0. The Morgan fingerprint density at radius 1 is 0.500 bits per heavy atom. The summed E-state index contributed by atoms with van der Waals surface area (Å²) in [5, 5.41) is 37.8. The molecular weight excluding hydrogens is 184 g/mol. The van der Waals surface area contributed by atoms with Crippen LogP contribution in [0, 0.1) is 0 Å². The van der Waals surface area contributed by atoms with Gasteiger partial charge in [0.15, 0.2) is 23.0 Å². The van der Waals surface area contributed by atoms with Gasteiger partial charge in [-0.1, -0.05) is 0 Å². The number of phenols is 4. The number of aromatic hydroxyl groups is 4. The van der Waals surface area contributed by atoms with Crippen LogP contribution < -0.4 is 0 Å². The molecule has 0 heterocycles. The van der Waals surface area contributed by atoms with E-state index in [2.05, 4.69) is 0 Å². The SMILES string of the molecule is Oc1cc2cc(O)c(O)cc2cc1O. The minimum absolute atomic E-state index is 0.261. The highest BCUT2D eigenvalue weighted by molar-refractivity contribution is 5.88. The van der Waals surface area contributed by atoms with Crippen molar-refractivity contribution in [3.8, 4) is 23.0 Å². The fourth-order valence-corrected chi connectivity index (χ4v) is 1.30. The van der Waals surface area contributed by atoms with Gasteiger partial charge in [-0.2, -0.15) is 0 Å². The molecule has 4 heteroatoms.